The molecule has 0 saturated heterocycles. The first-order valence-corrected chi connectivity index (χ1v) is 8.83. The molecule has 0 spiro atoms. The lowest BCUT2D eigenvalue weighted by atomic mass is 10.1. The van der Waals surface area contributed by atoms with Gasteiger partial charge in [-0.2, -0.15) is 0 Å². The van der Waals surface area contributed by atoms with Gasteiger partial charge in [0.2, 0.25) is 0 Å². The Bertz CT molecular complexity index is 959. The standard InChI is InChI=1S/C16H15N3O3S2/c1-7-11-8(2)17-9(3)18-15(11)24-12(7)14(20)19-10-5-6-23-13(10)16(21)22-4/h5-6H,1-4H3,(H,19,20). The molecule has 0 aliphatic heterocycles. The van der Waals surface area contributed by atoms with E-state index in [0.29, 0.717) is 21.3 Å². The second-order valence-electron chi connectivity index (χ2n) is 5.20. The number of hydrogen-bond donors (Lipinski definition) is 1. The van der Waals surface area contributed by atoms with Crippen LogP contribution in [0.25, 0.3) is 10.2 Å². The van der Waals surface area contributed by atoms with Crippen molar-refractivity contribution in [1.29, 1.82) is 0 Å². The van der Waals surface area contributed by atoms with Gasteiger partial charge in [0.15, 0.2) is 0 Å². The molecule has 0 saturated carbocycles. The lowest BCUT2D eigenvalue weighted by Crippen LogP contribution is -2.13. The molecule has 6 nitrogen and oxygen atoms in total. The minimum absolute atomic E-state index is 0.267. The van der Waals surface area contributed by atoms with E-state index in [-0.39, 0.29) is 5.91 Å². The van der Waals surface area contributed by atoms with E-state index >= 15 is 0 Å². The van der Waals surface area contributed by atoms with Gasteiger partial charge in [-0.15, -0.1) is 22.7 Å². The summed E-state index contributed by atoms with van der Waals surface area (Å²) in [6.45, 7) is 5.62. The van der Waals surface area contributed by atoms with Gasteiger partial charge in [-0.3, -0.25) is 4.79 Å². The molecule has 8 heteroatoms. The summed E-state index contributed by atoms with van der Waals surface area (Å²) in [5.41, 5.74) is 2.16. The van der Waals surface area contributed by atoms with Crippen LogP contribution in [0, 0.1) is 20.8 Å². The zero-order valence-corrected chi connectivity index (χ0v) is 15.2. The van der Waals surface area contributed by atoms with Gasteiger partial charge in [-0.05, 0) is 37.8 Å². The van der Waals surface area contributed by atoms with Crippen LogP contribution in [0.1, 0.15) is 36.4 Å². The Labute approximate surface area is 146 Å². The Balaban J connectivity index is 1.98. The van der Waals surface area contributed by atoms with Crippen molar-refractivity contribution in [3.8, 4) is 0 Å². The molecule has 1 N–H and O–H groups in total. The molecule has 3 heterocycles. The fourth-order valence-corrected chi connectivity index (χ4v) is 4.47. The number of nitrogens with one attached hydrogen (secondary N) is 1. The van der Waals surface area contributed by atoms with Gasteiger partial charge in [0.25, 0.3) is 5.91 Å². The smallest absolute Gasteiger partial charge is 0.350 e. The van der Waals surface area contributed by atoms with E-state index in [2.05, 4.69) is 15.3 Å². The summed E-state index contributed by atoms with van der Waals surface area (Å²) in [6.07, 6.45) is 0. The lowest BCUT2D eigenvalue weighted by molar-refractivity contribution is 0.0607. The number of nitrogens with zero attached hydrogens (tertiary/aromatic N) is 2. The molecule has 0 bridgehead atoms. The number of amides is 1. The summed E-state index contributed by atoms with van der Waals surface area (Å²) in [5.74, 6) is -0.0548. The van der Waals surface area contributed by atoms with Gasteiger partial charge in [-0.1, -0.05) is 0 Å². The van der Waals surface area contributed by atoms with Crippen molar-refractivity contribution in [2.45, 2.75) is 20.8 Å². The molecule has 3 aromatic heterocycles. The van der Waals surface area contributed by atoms with Crippen molar-refractivity contribution >= 4 is 50.5 Å². The molecular weight excluding hydrogens is 346 g/mol. The number of carbonyl (C=O) groups is 2. The quantitative estimate of drug-likeness (QED) is 0.719. The maximum absolute atomic E-state index is 12.7. The van der Waals surface area contributed by atoms with Crippen molar-refractivity contribution in [2.24, 2.45) is 0 Å². The van der Waals surface area contributed by atoms with Crippen LogP contribution in [-0.4, -0.2) is 29.0 Å². The minimum atomic E-state index is -0.467. The third kappa shape index (κ3) is 2.78. The SMILES string of the molecule is COC(=O)c1sccc1NC(=O)c1sc2nc(C)nc(C)c2c1C. The number of rotatable bonds is 3. The predicted octanol–water partition coefficient (Wildman–Crippen LogP) is 3.72. The van der Waals surface area contributed by atoms with Crippen molar-refractivity contribution < 1.29 is 14.3 Å². The van der Waals surface area contributed by atoms with Gasteiger partial charge < -0.3 is 10.1 Å². The molecule has 0 radical (unpaired) electrons. The van der Waals surface area contributed by atoms with Crippen LogP contribution >= 0.6 is 22.7 Å². The zero-order chi connectivity index (χ0) is 17.4. The number of aromatic nitrogens is 2. The first-order valence-electron chi connectivity index (χ1n) is 7.14. The molecule has 0 unspecified atom stereocenters. The number of anilines is 1. The molecule has 0 aliphatic rings. The first-order chi connectivity index (χ1) is 11.4. The number of thiophene rings is 2. The fraction of sp³-hybridized carbons (Fsp3) is 0.250. The molecule has 124 valence electrons. The van der Waals surface area contributed by atoms with Crippen LogP contribution in [0.3, 0.4) is 0 Å². The summed E-state index contributed by atoms with van der Waals surface area (Å²) in [6, 6.07) is 1.69. The molecule has 0 fully saturated rings. The molecule has 24 heavy (non-hydrogen) atoms. The van der Waals surface area contributed by atoms with Crippen molar-refractivity contribution in [3.63, 3.8) is 0 Å². The number of ether oxygens (including phenoxy) is 1. The van der Waals surface area contributed by atoms with E-state index in [1.807, 2.05) is 20.8 Å². The van der Waals surface area contributed by atoms with E-state index in [4.69, 9.17) is 4.74 Å². The average Bonchev–Trinajstić information content (AvgIpc) is 3.11. The molecule has 1 amide bonds. The summed E-state index contributed by atoms with van der Waals surface area (Å²) in [5, 5.41) is 5.44. The monoisotopic (exact) mass is 361 g/mol. The molecule has 3 rings (SSSR count). The van der Waals surface area contributed by atoms with Crippen molar-refractivity contribution in [3.05, 3.63) is 38.3 Å². The van der Waals surface area contributed by atoms with E-state index in [0.717, 1.165) is 21.5 Å². The summed E-state index contributed by atoms with van der Waals surface area (Å²) in [7, 11) is 1.31. The highest BCUT2D eigenvalue weighted by Crippen LogP contribution is 2.32. The van der Waals surface area contributed by atoms with Crippen LogP contribution in [0.4, 0.5) is 5.69 Å². The Morgan fingerprint density at radius 1 is 1.17 bits per heavy atom. The van der Waals surface area contributed by atoms with Crippen LogP contribution in [-0.2, 0) is 4.74 Å². The van der Waals surface area contributed by atoms with Gasteiger partial charge in [0.05, 0.1) is 17.7 Å². The third-order valence-corrected chi connectivity index (χ3v) is 5.65. The van der Waals surface area contributed by atoms with E-state index in [1.165, 1.54) is 29.8 Å². The van der Waals surface area contributed by atoms with Gasteiger partial charge in [0, 0.05) is 11.1 Å². The summed E-state index contributed by atoms with van der Waals surface area (Å²) in [4.78, 5) is 34.9. The highest BCUT2D eigenvalue weighted by Gasteiger charge is 2.21. The van der Waals surface area contributed by atoms with E-state index in [9.17, 15) is 9.59 Å². The average molecular weight is 361 g/mol. The Kier molecular flexibility index (Phi) is 4.33. The molecule has 0 aromatic carbocycles. The number of methoxy groups -OCH3 is 1. The second kappa shape index (κ2) is 6.29. The topological polar surface area (TPSA) is 81.2 Å². The highest BCUT2D eigenvalue weighted by atomic mass is 32.1. The highest BCUT2D eigenvalue weighted by molar-refractivity contribution is 7.20. The summed E-state index contributed by atoms with van der Waals surface area (Å²) >= 11 is 2.55. The maximum Gasteiger partial charge on any atom is 0.350 e. The Morgan fingerprint density at radius 2 is 1.92 bits per heavy atom. The van der Waals surface area contributed by atoms with Crippen LogP contribution in [0.15, 0.2) is 11.4 Å². The van der Waals surface area contributed by atoms with Crippen LogP contribution in [0.5, 0.6) is 0 Å². The van der Waals surface area contributed by atoms with E-state index < -0.39 is 5.97 Å². The zero-order valence-electron chi connectivity index (χ0n) is 13.6. The molecular formula is C16H15N3O3S2. The van der Waals surface area contributed by atoms with Crippen LogP contribution in [0.2, 0.25) is 0 Å². The predicted molar refractivity (Wildman–Crippen MR) is 95.2 cm³/mol. The number of aryl methyl sites for hydroxylation is 3. The number of carbonyl (C=O) groups excluding carboxylic acids is 2. The van der Waals surface area contributed by atoms with Crippen molar-refractivity contribution in [1.82, 2.24) is 9.97 Å². The van der Waals surface area contributed by atoms with Crippen LogP contribution < -0.4 is 5.32 Å². The normalized spacial score (nSPS) is 10.8. The van der Waals surface area contributed by atoms with Gasteiger partial charge in [-0.25, -0.2) is 14.8 Å². The molecule has 3 aromatic rings. The second-order valence-corrected chi connectivity index (χ2v) is 7.12. The molecule has 0 aliphatic carbocycles. The minimum Gasteiger partial charge on any atom is -0.465 e. The summed E-state index contributed by atoms with van der Waals surface area (Å²) < 4.78 is 4.73. The molecule has 0 atom stereocenters. The number of hydrogen-bond acceptors (Lipinski definition) is 7. The number of fused-ring (bicyclic) bond motifs is 1. The number of esters is 1. The Morgan fingerprint density at radius 3 is 2.62 bits per heavy atom. The Hall–Kier alpha value is -2.32. The van der Waals surface area contributed by atoms with Gasteiger partial charge in [0.1, 0.15) is 15.5 Å². The van der Waals surface area contributed by atoms with Crippen molar-refractivity contribution in [2.75, 3.05) is 12.4 Å². The fourth-order valence-electron chi connectivity index (χ4n) is 2.53. The van der Waals surface area contributed by atoms with E-state index in [1.54, 1.807) is 11.4 Å². The lowest BCUT2D eigenvalue weighted by Gasteiger charge is -2.05. The maximum atomic E-state index is 12.7. The van der Waals surface area contributed by atoms with Gasteiger partial charge >= 0.3 is 5.97 Å². The third-order valence-electron chi connectivity index (χ3n) is 3.57. The largest absolute Gasteiger partial charge is 0.465 e. The first kappa shape index (κ1) is 16.5.